The lowest BCUT2D eigenvalue weighted by atomic mass is 9.91. The smallest absolute Gasteiger partial charge is 0.257 e. The molecule has 1 aliphatic heterocycles. The van der Waals surface area contributed by atoms with Gasteiger partial charge in [-0.2, -0.15) is 0 Å². The van der Waals surface area contributed by atoms with Crippen LogP contribution in [-0.2, 0) is 13.1 Å². The summed E-state index contributed by atoms with van der Waals surface area (Å²) in [6, 6.07) is 18.8. The van der Waals surface area contributed by atoms with Crippen molar-refractivity contribution in [1.82, 2.24) is 15.2 Å². The van der Waals surface area contributed by atoms with E-state index in [-0.39, 0.29) is 11.8 Å². The van der Waals surface area contributed by atoms with E-state index in [4.69, 9.17) is 0 Å². The van der Waals surface area contributed by atoms with Gasteiger partial charge in [0.1, 0.15) is 0 Å². The molecular weight excluding hydrogens is 424 g/mol. The van der Waals surface area contributed by atoms with Crippen LogP contribution in [0.3, 0.4) is 0 Å². The number of pyridine rings is 1. The number of nitrogens with one attached hydrogen (secondary N) is 2. The van der Waals surface area contributed by atoms with Crippen LogP contribution in [-0.4, -0.2) is 34.8 Å². The third-order valence-electron chi connectivity index (χ3n) is 6.13. The molecule has 6 heteroatoms. The number of nitrogens with zero attached hydrogens (tertiary/aromatic N) is 2. The first-order chi connectivity index (χ1) is 16.5. The molecule has 2 N–H and O–H groups in total. The largest absolute Gasteiger partial charge is 0.348 e. The minimum atomic E-state index is -0.265. The summed E-state index contributed by atoms with van der Waals surface area (Å²) in [6.45, 7) is 8.40. The zero-order valence-corrected chi connectivity index (χ0v) is 19.8. The highest BCUT2D eigenvalue weighted by molar-refractivity contribution is 6.04. The van der Waals surface area contributed by atoms with Gasteiger partial charge in [-0.05, 0) is 59.7 Å². The number of carbonyl (C=O) groups excluding carboxylic acids is 2. The summed E-state index contributed by atoms with van der Waals surface area (Å²) in [7, 11) is 0. The van der Waals surface area contributed by atoms with Crippen molar-refractivity contribution in [2.75, 3.05) is 18.4 Å². The van der Waals surface area contributed by atoms with Gasteiger partial charge in [-0.3, -0.25) is 19.5 Å². The molecule has 2 heterocycles. The number of hydrogen-bond acceptors (Lipinski definition) is 4. The zero-order chi connectivity index (χ0) is 23.9. The quantitative estimate of drug-likeness (QED) is 0.538. The van der Waals surface area contributed by atoms with E-state index in [1.54, 1.807) is 42.6 Å². The Labute approximate surface area is 201 Å². The number of hydrogen-bond donors (Lipinski definition) is 2. The number of amides is 2. The molecule has 1 fully saturated rings. The van der Waals surface area contributed by atoms with E-state index in [0.29, 0.717) is 23.4 Å². The van der Waals surface area contributed by atoms with Crippen molar-refractivity contribution in [3.8, 4) is 0 Å². The van der Waals surface area contributed by atoms with E-state index in [1.165, 1.54) is 18.2 Å². The summed E-state index contributed by atoms with van der Waals surface area (Å²) >= 11 is 0. The van der Waals surface area contributed by atoms with Gasteiger partial charge in [-0.15, -0.1) is 0 Å². The highest BCUT2D eigenvalue weighted by atomic mass is 16.2. The van der Waals surface area contributed by atoms with Gasteiger partial charge in [0.05, 0.1) is 5.56 Å². The molecule has 1 aliphatic rings. The van der Waals surface area contributed by atoms with Crippen molar-refractivity contribution in [3.63, 3.8) is 0 Å². The van der Waals surface area contributed by atoms with Crippen LogP contribution in [0.4, 0.5) is 5.69 Å². The Kier molecular flexibility index (Phi) is 7.70. The van der Waals surface area contributed by atoms with E-state index in [1.807, 2.05) is 0 Å². The van der Waals surface area contributed by atoms with Gasteiger partial charge < -0.3 is 10.6 Å². The summed E-state index contributed by atoms with van der Waals surface area (Å²) in [6.07, 6.45) is 4.44. The Bertz CT molecular complexity index is 1100. The highest BCUT2D eigenvalue weighted by Gasteiger charge is 2.21. The minimum absolute atomic E-state index is 0.183. The van der Waals surface area contributed by atoms with E-state index in [2.05, 4.69) is 58.6 Å². The van der Waals surface area contributed by atoms with E-state index < -0.39 is 0 Å². The number of piperidine rings is 1. The van der Waals surface area contributed by atoms with Crippen LogP contribution >= 0.6 is 0 Å². The molecule has 2 amide bonds. The second-order valence-corrected chi connectivity index (χ2v) is 9.42. The first-order valence-corrected chi connectivity index (χ1v) is 11.9. The molecule has 3 aromatic rings. The van der Waals surface area contributed by atoms with Crippen LogP contribution in [0.5, 0.6) is 0 Å². The molecule has 0 radical (unpaired) electrons. The SMILES string of the molecule is CC1CC(C)CN(Cc2ccc(CNC(=O)c3cccc(NC(=O)c4cccnc4)c3)cc2)C1. The van der Waals surface area contributed by atoms with Crippen molar-refractivity contribution in [3.05, 3.63) is 95.3 Å². The molecule has 0 aliphatic carbocycles. The third kappa shape index (κ3) is 6.51. The molecule has 1 aromatic heterocycles. The highest BCUT2D eigenvalue weighted by Crippen LogP contribution is 2.22. The zero-order valence-electron chi connectivity index (χ0n) is 19.8. The van der Waals surface area contributed by atoms with E-state index >= 15 is 0 Å². The van der Waals surface area contributed by atoms with Gasteiger partial charge >= 0.3 is 0 Å². The number of aromatic nitrogens is 1. The average molecular weight is 457 g/mol. The van der Waals surface area contributed by atoms with Gasteiger partial charge in [0.25, 0.3) is 11.8 Å². The normalized spacial score (nSPS) is 18.3. The molecule has 2 atom stereocenters. The number of benzene rings is 2. The third-order valence-corrected chi connectivity index (χ3v) is 6.13. The Morgan fingerprint density at radius 3 is 2.32 bits per heavy atom. The van der Waals surface area contributed by atoms with Crippen molar-refractivity contribution in [2.45, 2.75) is 33.4 Å². The maximum atomic E-state index is 12.7. The summed E-state index contributed by atoms with van der Waals surface area (Å²) in [5.41, 5.74) is 3.87. The second-order valence-electron chi connectivity index (χ2n) is 9.42. The summed E-state index contributed by atoms with van der Waals surface area (Å²) in [5.74, 6) is 1.05. The van der Waals surface area contributed by atoms with Crippen molar-refractivity contribution in [2.24, 2.45) is 11.8 Å². The van der Waals surface area contributed by atoms with Crippen molar-refractivity contribution < 1.29 is 9.59 Å². The lowest BCUT2D eigenvalue weighted by Gasteiger charge is -2.35. The van der Waals surface area contributed by atoms with Crippen LogP contribution in [0, 0.1) is 11.8 Å². The number of rotatable bonds is 7. The fraction of sp³-hybridized carbons (Fsp3) is 0.321. The molecule has 0 saturated carbocycles. The van der Waals surface area contributed by atoms with Gasteiger partial charge in [0, 0.05) is 49.8 Å². The molecule has 1 saturated heterocycles. The van der Waals surface area contributed by atoms with Gasteiger partial charge in [0.15, 0.2) is 0 Å². The van der Waals surface area contributed by atoms with Crippen molar-refractivity contribution in [1.29, 1.82) is 0 Å². The van der Waals surface area contributed by atoms with Crippen LogP contribution in [0.15, 0.2) is 73.1 Å². The Morgan fingerprint density at radius 1 is 0.912 bits per heavy atom. The standard InChI is InChI=1S/C28H32N4O2/c1-20-13-21(2)18-32(17-20)19-23-10-8-22(9-11-23)15-30-27(33)24-5-3-7-26(14-24)31-28(34)25-6-4-12-29-16-25/h3-12,14,16,20-21H,13,15,17-19H2,1-2H3,(H,30,33)(H,31,34). The Morgan fingerprint density at radius 2 is 1.62 bits per heavy atom. The van der Waals surface area contributed by atoms with Gasteiger partial charge in [-0.1, -0.05) is 44.2 Å². The average Bonchev–Trinajstić information content (AvgIpc) is 2.83. The maximum absolute atomic E-state index is 12.7. The fourth-order valence-corrected chi connectivity index (χ4v) is 4.66. The molecule has 176 valence electrons. The first kappa shape index (κ1) is 23.6. The second kappa shape index (κ2) is 11.1. The fourth-order valence-electron chi connectivity index (χ4n) is 4.66. The van der Waals surface area contributed by atoms with Crippen LogP contribution in [0.25, 0.3) is 0 Å². The molecule has 34 heavy (non-hydrogen) atoms. The van der Waals surface area contributed by atoms with Crippen molar-refractivity contribution >= 4 is 17.5 Å². The predicted molar refractivity (Wildman–Crippen MR) is 134 cm³/mol. The molecule has 6 nitrogen and oxygen atoms in total. The number of carbonyl (C=O) groups is 2. The van der Waals surface area contributed by atoms with E-state index in [0.717, 1.165) is 37.0 Å². The number of likely N-dealkylation sites (tertiary alicyclic amines) is 1. The monoisotopic (exact) mass is 456 g/mol. The predicted octanol–water partition coefficient (Wildman–Crippen LogP) is 4.74. The molecular formula is C28H32N4O2. The molecule has 2 unspecified atom stereocenters. The summed E-state index contributed by atoms with van der Waals surface area (Å²) in [5, 5.41) is 5.78. The Balaban J connectivity index is 1.29. The van der Waals surface area contributed by atoms with Crippen LogP contribution < -0.4 is 10.6 Å². The van der Waals surface area contributed by atoms with E-state index in [9.17, 15) is 9.59 Å². The minimum Gasteiger partial charge on any atom is -0.348 e. The van der Waals surface area contributed by atoms with Crippen LogP contribution in [0.2, 0.25) is 0 Å². The Hall–Kier alpha value is -3.51. The molecule has 0 spiro atoms. The summed E-state index contributed by atoms with van der Waals surface area (Å²) in [4.78, 5) is 31.5. The maximum Gasteiger partial charge on any atom is 0.257 e. The molecule has 2 aromatic carbocycles. The summed E-state index contributed by atoms with van der Waals surface area (Å²) < 4.78 is 0. The number of anilines is 1. The van der Waals surface area contributed by atoms with Crippen LogP contribution in [0.1, 0.15) is 52.1 Å². The topological polar surface area (TPSA) is 74.3 Å². The lowest BCUT2D eigenvalue weighted by Crippen LogP contribution is -2.38. The first-order valence-electron chi connectivity index (χ1n) is 11.9. The molecule has 0 bridgehead atoms. The molecule has 4 rings (SSSR count). The van der Waals surface area contributed by atoms with Gasteiger partial charge in [-0.25, -0.2) is 0 Å². The lowest BCUT2D eigenvalue weighted by molar-refractivity contribution is 0.0949. The van der Waals surface area contributed by atoms with Gasteiger partial charge in [0.2, 0.25) is 0 Å².